The largest absolute Gasteiger partial charge is 0.286 e. The minimum Gasteiger partial charge on any atom is -0.286 e. The van der Waals surface area contributed by atoms with Crippen LogP contribution in [-0.4, -0.2) is 47.0 Å². The second kappa shape index (κ2) is 11.4. The topological polar surface area (TPSA) is 74.8 Å². The first-order valence-corrected chi connectivity index (χ1v) is 5.68. The van der Waals surface area contributed by atoms with Crippen LogP contribution >= 0.6 is 0 Å². The third kappa shape index (κ3) is 11.1. The first-order valence-electron chi connectivity index (χ1n) is 5.68. The van der Waals surface area contributed by atoms with Crippen LogP contribution in [0.25, 0.3) is 0 Å². The van der Waals surface area contributed by atoms with E-state index in [1.54, 1.807) is 0 Å². The molecule has 0 bridgehead atoms. The Balaban J connectivity index is -0.000000262. The van der Waals surface area contributed by atoms with Crippen molar-refractivity contribution >= 4 is 23.6 Å². The molecule has 0 saturated heterocycles. The summed E-state index contributed by atoms with van der Waals surface area (Å²) in [6, 6.07) is 0. The second-order valence-corrected chi connectivity index (χ2v) is 3.79. The van der Waals surface area contributed by atoms with Crippen molar-refractivity contribution in [3.8, 4) is 0 Å². The molecule has 0 rings (SSSR count). The molecule has 6 heteroatoms. The summed E-state index contributed by atoms with van der Waals surface area (Å²) in [4.78, 5) is 44.2. The highest BCUT2D eigenvalue weighted by Crippen LogP contribution is 1.92. The van der Waals surface area contributed by atoms with Crippen molar-refractivity contribution in [2.75, 3.05) is 13.6 Å². The fourth-order valence-corrected chi connectivity index (χ4v) is 0.982. The van der Waals surface area contributed by atoms with Crippen LogP contribution in [-0.2, 0) is 19.2 Å². The predicted molar refractivity (Wildman–Crippen MR) is 74.2 cm³/mol. The lowest BCUT2D eigenvalue weighted by atomic mass is 10.4. The van der Waals surface area contributed by atoms with Gasteiger partial charge in [0, 0.05) is 41.3 Å². The van der Waals surface area contributed by atoms with Crippen LogP contribution in [0.4, 0.5) is 0 Å². The van der Waals surface area contributed by atoms with E-state index in [1.165, 1.54) is 39.6 Å². The molecule has 112 valence electrons. The first-order chi connectivity index (χ1) is 8.14. The number of amides is 4. The van der Waals surface area contributed by atoms with Gasteiger partial charge in [-0.2, -0.15) is 0 Å². The molecule has 0 aromatic rings. The zero-order chi connectivity index (χ0) is 14.9. The van der Waals surface area contributed by atoms with Crippen molar-refractivity contribution in [2.24, 2.45) is 0 Å². The fraction of sp³-hybridized carbons (Fsp3) is 0.692. The monoisotopic (exact) mass is 274 g/mol. The minimum absolute atomic E-state index is 0. The molecular formula is C13H26N2O4. The van der Waals surface area contributed by atoms with Crippen LogP contribution in [0.15, 0.2) is 0 Å². The highest BCUT2D eigenvalue weighted by atomic mass is 16.2. The maximum Gasteiger partial charge on any atom is 0.226 e. The summed E-state index contributed by atoms with van der Waals surface area (Å²) in [7, 11) is 1.45. The van der Waals surface area contributed by atoms with Gasteiger partial charge in [-0.15, -0.1) is 0 Å². The molecule has 0 fully saturated rings. The Hall–Kier alpha value is -1.72. The molecule has 0 aromatic heterocycles. The van der Waals surface area contributed by atoms with Crippen molar-refractivity contribution in [3.05, 3.63) is 0 Å². The molecule has 0 radical (unpaired) electrons. The minimum atomic E-state index is -0.225. The van der Waals surface area contributed by atoms with Gasteiger partial charge in [-0.05, 0) is 6.42 Å². The average Bonchev–Trinajstić information content (AvgIpc) is 2.24. The van der Waals surface area contributed by atoms with Crippen molar-refractivity contribution < 1.29 is 19.2 Å². The summed E-state index contributed by atoms with van der Waals surface area (Å²) >= 11 is 0. The number of imide groups is 2. The van der Waals surface area contributed by atoms with Gasteiger partial charge >= 0.3 is 0 Å². The van der Waals surface area contributed by atoms with E-state index in [1.807, 2.05) is 6.92 Å². The number of carbonyl (C=O) groups excluding carboxylic acids is 4. The fourth-order valence-electron chi connectivity index (χ4n) is 0.982. The van der Waals surface area contributed by atoms with Gasteiger partial charge in [0.1, 0.15) is 0 Å². The van der Waals surface area contributed by atoms with E-state index < -0.39 is 0 Å². The van der Waals surface area contributed by atoms with E-state index in [-0.39, 0.29) is 31.1 Å². The van der Waals surface area contributed by atoms with Crippen LogP contribution in [0.1, 0.15) is 48.5 Å². The van der Waals surface area contributed by atoms with E-state index >= 15 is 0 Å². The Bertz CT molecular complexity index is 299. The quantitative estimate of drug-likeness (QED) is 0.763. The summed E-state index contributed by atoms with van der Waals surface area (Å²) in [5.41, 5.74) is 0. The van der Waals surface area contributed by atoms with E-state index in [2.05, 4.69) is 0 Å². The number of nitrogens with zero attached hydrogens (tertiary/aromatic N) is 2. The second-order valence-electron chi connectivity index (χ2n) is 3.79. The molecule has 0 aliphatic heterocycles. The molecule has 0 saturated carbocycles. The van der Waals surface area contributed by atoms with E-state index in [0.717, 1.165) is 11.3 Å². The Labute approximate surface area is 115 Å². The van der Waals surface area contributed by atoms with Crippen LogP contribution in [0, 0.1) is 0 Å². The number of carbonyl (C=O) groups is 4. The lowest BCUT2D eigenvalue weighted by Crippen LogP contribution is -2.33. The molecule has 0 spiro atoms. The molecule has 4 amide bonds. The maximum absolute atomic E-state index is 10.7. The lowest BCUT2D eigenvalue weighted by Gasteiger charge is -2.14. The van der Waals surface area contributed by atoms with Crippen LogP contribution < -0.4 is 0 Å². The maximum atomic E-state index is 10.7. The summed E-state index contributed by atoms with van der Waals surface area (Å²) in [6.45, 7) is 7.96. The Morgan fingerprint density at radius 3 is 1.16 bits per heavy atom. The zero-order valence-electron chi connectivity index (χ0n) is 11.9. The molecule has 0 aliphatic carbocycles. The van der Waals surface area contributed by atoms with Crippen LogP contribution in [0.2, 0.25) is 0 Å². The van der Waals surface area contributed by atoms with Crippen molar-refractivity contribution in [2.45, 2.75) is 48.5 Å². The predicted octanol–water partition coefficient (Wildman–Crippen LogP) is 1.44. The van der Waals surface area contributed by atoms with Gasteiger partial charge in [0.2, 0.25) is 23.6 Å². The van der Waals surface area contributed by atoms with Crippen LogP contribution in [0.5, 0.6) is 0 Å². The third-order valence-corrected chi connectivity index (χ3v) is 2.15. The number of hydrogen-bond donors (Lipinski definition) is 0. The first kappa shape index (κ1) is 22.5. The highest BCUT2D eigenvalue weighted by Gasteiger charge is 2.10. The Kier molecular flexibility index (Phi) is 13.4. The van der Waals surface area contributed by atoms with Gasteiger partial charge in [0.05, 0.1) is 0 Å². The molecule has 0 heterocycles. The van der Waals surface area contributed by atoms with Crippen molar-refractivity contribution in [1.29, 1.82) is 0 Å². The highest BCUT2D eigenvalue weighted by molar-refractivity contribution is 5.93. The Morgan fingerprint density at radius 2 is 1.11 bits per heavy atom. The third-order valence-electron chi connectivity index (χ3n) is 2.15. The number of rotatable bonds is 2. The molecule has 19 heavy (non-hydrogen) atoms. The molecule has 0 atom stereocenters. The summed E-state index contributed by atoms with van der Waals surface area (Å²) in [5.74, 6) is -0.793. The van der Waals surface area contributed by atoms with Crippen LogP contribution in [0.3, 0.4) is 0 Å². The molecule has 0 aliphatic rings. The molecule has 0 aromatic carbocycles. The van der Waals surface area contributed by atoms with Crippen molar-refractivity contribution in [1.82, 2.24) is 9.80 Å². The van der Waals surface area contributed by atoms with Gasteiger partial charge in [-0.1, -0.05) is 14.4 Å². The van der Waals surface area contributed by atoms with E-state index in [9.17, 15) is 19.2 Å². The Morgan fingerprint density at radius 1 is 0.789 bits per heavy atom. The van der Waals surface area contributed by atoms with Crippen molar-refractivity contribution in [3.63, 3.8) is 0 Å². The molecule has 0 unspecified atom stereocenters. The summed E-state index contributed by atoms with van der Waals surface area (Å²) in [6.07, 6.45) is 0.819. The van der Waals surface area contributed by atoms with E-state index in [4.69, 9.17) is 0 Å². The SMILES string of the molecule is C.CC(=O)N(C)C(C)=O.CCCN(C(C)=O)C(C)=O. The molecule has 0 N–H and O–H groups in total. The van der Waals surface area contributed by atoms with Gasteiger partial charge < -0.3 is 0 Å². The van der Waals surface area contributed by atoms with Gasteiger partial charge in [-0.3, -0.25) is 29.0 Å². The molecular weight excluding hydrogens is 248 g/mol. The normalized spacial score (nSPS) is 8.32. The summed E-state index contributed by atoms with van der Waals surface area (Å²) in [5, 5.41) is 0. The van der Waals surface area contributed by atoms with Gasteiger partial charge in [0.15, 0.2) is 0 Å². The lowest BCUT2D eigenvalue weighted by molar-refractivity contribution is -0.143. The zero-order valence-corrected chi connectivity index (χ0v) is 11.9. The summed E-state index contributed by atoms with van der Waals surface area (Å²) < 4.78 is 0. The van der Waals surface area contributed by atoms with Gasteiger partial charge in [0.25, 0.3) is 0 Å². The molecule has 6 nitrogen and oxygen atoms in total. The average molecular weight is 274 g/mol. The number of hydrogen-bond acceptors (Lipinski definition) is 4. The van der Waals surface area contributed by atoms with E-state index in [0.29, 0.717) is 6.54 Å². The smallest absolute Gasteiger partial charge is 0.226 e. The van der Waals surface area contributed by atoms with Gasteiger partial charge in [-0.25, -0.2) is 0 Å². The standard InChI is InChI=1S/C7H13NO2.C5H9NO2.CH4/c1-4-5-8(6(2)9)7(3)10;1-4(7)6(3)5(2)8;/h4-5H2,1-3H3;1-3H3;1H4.